The quantitative estimate of drug-likeness (QED) is 0.234. The van der Waals surface area contributed by atoms with Gasteiger partial charge in [0.2, 0.25) is 5.41 Å². The Morgan fingerprint density at radius 1 is 0.833 bits per heavy atom. The third-order valence-corrected chi connectivity index (χ3v) is 7.81. The number of rotatable bonds is 7. The molecule has 0 bridgehead atoms. The lowest BCUT2D eigenvalue weighted by Crippen LogP contribution is -2.61. The summed E-state index contributed by atoms with van der Waals surface area (Å²) in [6.45, 7) is 3.44. The average Bonchev–Trinajstić information content (AvgIpc) is 3.16. The molecule has 0 unspecified atom stereocenters. The highest BCUT2D eigenvalue weighted by Crippen LogP contribution is 2.63. The molecule has 1 aliphatic heterocycles. The Morgan fingerprint density at radius 2 is 1.33 bits per heavy atom. The standard InChI is InChI=1S/C28H30Cl2O6/c1-3-34-25(32)28(26(33)35-4-2)22(23(31)18-8-12-20(29)13-9-18)24(19-10-14-21(30)15-11-19)36-27(28)16-6-5-7-17-27/h8-15,22,24H,3-7,16-17H2,1-2H3/t22-,24-/m1/s1. The van der Waals surface area contributed by atoms with Crippen LogP contribution in [-0.4, -0.2) is 36.5 Å². The Morgan fingerprint density at radius 3 is 1.83 bits per heavy atom. The van der Waals surface area contributed by atoms with E-state index in [2.05, 4.69) is 0 Å². The van der Waals surface area contributed by atoms with E-state index >= 15 is 0 Å². The van der Waals surface area contributed by atoms with Crippen molar-refractivity contribution in [2.45, 2.75) is 57.7 Å². The SMILES string of the molecule is CCOC(=O)C1(C(=O)OCC)[C@H](C(=O)c2ccc(Cl)cc2)[C@@H](c2ccc(Cl)cc2)OC12CCCCC2. The van der Waals surface area contributed by atoms with E-state index in [9.17, 15) is 14.4 Å². The molecule has 1 aliphatic carbocycles. The van der Waals surface area contributed by atoms with Crippen LogP contribution in [0.15, 0.2) is 48.5 Å². The molecule has 1 spiro atoms. The molecule has 0 aromatic heterocycles. The summed E-state index contributed by atoms with van der Waals surface area (Å²) in [5.74, 6) is -3.19. The van der Waals surface area contributed by atoms with Crippen LogP contribution in [0.5, 0.6) is 0 Å². The van der Waals surface area contributed by atoms with Gasteiger partial charge in [-0.2, -0.15) is 0 Å². The summed E-state index contributed by atoms with van der Waals surface area (Å²) in [5.41, 5.74) is -2.26. The van der Waals surface area contributed by atoms with Crippen LogP contribution in [0, 0.1) is 11.3 Å². The fourth-order valence-electron chi connectivity index (χ4n) is 5.79. The molecule has 0 amide bonds. The second-order valence-electron chi connectivity index (χ2n) is 9.24. The first-order valence-corrected chi connectivity index (χ1v) is 13.1. The fraction of sp³-hybridized carbons (Fsp3) is 0.464. The number of hydrogen-bond acceptors (Lipinski definition) is 6. The zero-order valence-corrected chi connectivity index (χ0v) is 21.9. The molecule has 1 heterocycles. The van der Waals surface area contributed by atoms with Crippen molar-refractivity contribution in [3.05, 3.63) is 69.7 Å². The van der Waals surface area contributed by atoms with Crippen molar-refractivity contribution in [2.24, 2.45) is 11.3 Å². The van der Waals surface area contributed by atoms with Crippen LogP contribution in [0.25, 0.3) is 0 Å². The summed E-state index contributed by atoms with van der Waals surface area (Å²) in [7, 11) is 0. The van der Waals surface area contributed by atoms with Gasteiger partial charge in [-0.3, -0.25) is 14.4 Å². The van der Waals surface area contributed by atoms with Crippen molar-refractivity contribution in [1.82, 2.24) is 0 Å². The van der Waals surface area contributed by atoms with Gasteiger partial charge in [0.05, 0.1) is 30.8 Å². The van der Waals surface area contributed by atoms with Crippen LogP contribution >= 0.6 is 23.2 Å². The van der Waals surface area contributed by atoms with Crippen LogP contribution in [-0.2, 0) is 23.8 Å². The Kier molecular flexibility index (Phi) is 8.08. The number of Topliss-reactive ketones (excluding diaryl/α,β-unsaturated/α-hetero) is 1. The van der Waals surface area contributed by atoms with Gasteiger partial charge in [0.25, 0.3) is 0 Å². The van der Waals surface area contributed by atoms with Crippen LogP contribution < -0.4 is 0 Å². The molecule has 1 saturated heterocycles. The number of carbonyl (C=O) groups excluding carboxylic acids is 3. The molecule has 2 fully saturated rings. The predicted molar refractivity (Wildman–Crippen MR) is 136 cm³/mol. The number of hydrogen-bond donors (Lipinski definition) is 0. The number of carbonyl (C=O) groups is 3. The van der Waals surface area contributed by atoms with E-state index in [-0.39, 0.29) is 13.2 Å². The zero-order chi connectivity index (χ0) is 25.9. The second kappa shape index (κ2) is 10.9. The van der Waals surface area contributed by atoms with E-state index < -0.39 is 40.8 Å². The van der Waals surface area contributed by atoms with Gasteiger partial charge in [-0.25, -0.2) is 0 Å². The largest absolute Gasteiger partial charge is 0.465 e. The Balaban J connectivity index is 2.00. The highest BCUT2D eigenvalue weighted by Gasteiger charge is 2.76. The fourth-order valence-corrected chi connectivity index (χ4v) is 6.04. The second-order valence-corrected chi connectivity index (χ2v) is 10.1. The van der Waals surface area contributed by atoms with Gasteiger partial charge in [-0.05, 0) is 68.7 Å². The minimum absolute atomic E-state index is 0.0452. The van der Waals surface area contributed by atoms with Gasteiger partial charge < -0.3 is 14.2 Å². The normalized spacial score (nSPS) is 22.2. The van der Waals surface area contributed by atoms with E-state index in [1.807, 2.05) is 0 Å². The van der Waals surface area contributed by atoms with Gasteiger partial charge in [0, 0.05) is 15.6 Å². The topological polar surface area (TPSA) is 78.9 Å². The molecular weight excluding hydrogens is 503 g/mol. The first kappa shape index (κ1) is 26.6. The summed E-state index contributed by atoms with van der Waals surface area (Å²) in [4.78, 5) is 42.3. The number of ketones is 1. The molecule has 4 rings (SSSR count). The van der Waals surface area contributed by atoms with Crippen molar-refractivity contribution >= 4 is 40.9 Å². The summed E-state index contributed by atoms with van der Waals surface area (Å²) in [5, 5.41) is 0.987. The Labute approximate surface area is 221 Å². The minimum Gasteiger partial charge on any atom is -0.465 e. The maximum absolute atomic E-state index is 14.3. The van der Waals surface area contributed by atoms with Crippen LogP contribution in [0.4, 0.5) is 0 Å². The lowest BCUT2D eigenvalue weighted by atomic mass is 9.58. The number of ether oxygens (including phenoxy) is 3. The van der Waals surface area contributed by atoms with Crippen molar-refractivity contribution < 1.29 is 28.6 Å². The van der Waals surface area contributed by atoms with Gasteiger partial charge in [0.15, 0.2) is 5.78 Å². The van der Waals surface area contributed by atoms with Gasteiger partial charge in [-0.15, -0.1) is 0 Å². The Bertz CT molecular complexity index is 1090. The summed E-state index contributed by atoms with van der Waals surface area (Å²) >= 11 is 12.2. The summed E-state index contributed by atoms with van der Waals surface area (Å²) in [6.07, 6.45) is 2.40. The first-order chi connectivity index (χ1) is 17.3. The van der Waals surface area contributed by atoms with Crippen molar-refractivity contribution in [1.29, 1.82) is 0 Å². The van der Waals surface area contributed by atoms with E-state index in [0.29, 0.717) is 34.0 Å². The molecule has 0 radical (unpaired) electrons. The van der Waals surface area contributed by atoms with Gasteiger partial charge in [0.1, 0.15) is 0 Å². The third kappa shape index (κ3) is 4.44. The van der Waals surface area contributed by atoms with Crippen LogP contribution in [0.3, 0.4) is 0 Å². The summed E-state index contributed by atoms with van der Waals surface area (Å²) in [6, 6.07) is 13.3. The molecule has 2 aromatic rings. The van der Waals surface area contributed by atoms with Crippen LogP contribution in [0.2, 0.25) is 10.0 Å². The molecule has 2 aromatic carbocycles. The molecule has 192 valence electrons. The monoisotopic (exact) mass is 532 g/mol. The Hall–Kier alpha value is -2.41. The maximum atomic E-state index is 14.3. The van der Waals surface area contributed by atoms with Crippen LogP contribution in [0.1, 0.15) is 68.0 Å². The lowest BCUT2D eigenvalue weighted by molar-refractivity contribution is -0.192. The van der Waals surface area contributed by atoms with E-state index in [4.69, 9.17) is 37.4 Å². The van der Waals surface area contributed by atoms with E-state index in [0.717, 1.165) is 19.3 Å². The number of halogens is 2. The maximum Gasteiger partial charge on any atom is 0.327 e. The zero-order valence-electron chi connectivity index (χ0n) is 20.4. The number of benzene rings is 2. The molecule has 0 N–H and O–H groups in total. The summed E-state index contributed by atoms with van der Waals surface area (Å²) < 4.78 is 17.9. The highest BCUT2D eigenvalue weighted by molar-refractivity contribution is 6.31. The minimum atomic E-state index is -1.97. The lowest BCUT2D eigenvalue weighted by Gasteiger charge is -2.44. The average molecular weight is 533 g/mol. The van der Waals surface area contributed by atoms with Gasteiger partial charge in [-0.1, -0.05) is 54.6 Å². The molecule has 6 nitrogen and oxygen atoms in total. The predicted octanol–water partition coefficient (Wildman–Crippen LogP) is 6.38. The molecule has 1 saturated carbocycles. The van der Waals surface area contributed by atoms with E-state index in [1.54, 1.807) is 62.4 Å². The molecule has 2 atom stereocenters. The van der Waals surface area contributed by atoms with Gasteiger partial charge >= 0.3 is 11.9 Å². The molecule has 2 aliphatic rings. The molecule has 8 heteroatoms. The molecule has 36 heavy (non-hydrogen) atoms. The van der Waals surface area contributed by atoms with Crippen molar-refractivity contribution in [2.75, 3.05) is 13.2 Å². The number of esters is 2. The highest BCUT2D eigenvalue weighted by atomic mass is 35.5. The molecular formula is C28H30Cl2O6. The van der Waals surface area contributed by atoms with E-state index in [1.165, 1.54) is 0 Å². The smallest absolute Gasteiger partial charge is 0.327 e. The third-order valence-electron chi connectivity index (χ3n) is 7.31. The van der Waals surface area contributed by atoms with Crippen molar-refractivity contribution in [3.63, 3.8) is 0 Å². The van der Waals surface area contributed by atoms with Crippen molar-refractivity contribution in [3.8, 4) is 0 Å². The first-order valence-electron chi connectivity index (χ1n) is 12.4.